The van der Waals surface area contributed by atoms with Gasteiger partial charge in [0, 0.05) is 6.92 Å². The van der Waals surface area contributed by atoms with Gasteiger partial charge in [-0.3, -0.25) is 9.59 Å². The van der Waals surface area contributed by atoms with Crippen LogP contribution < -0.4 is 0 Å². The number of carbonyl (C=O) groups is 2. The third-order valence-corrected chi connectivity index (χ3v) is 1.76. The van der Waals surface area contributed by atoms with E-state index < -0.39 is 5.97 Å². The molecule has 1 aromatic carbocycles. The van der Waals surface area contributed by atoms with E-state index in [4.69, 9.17) is 5.11 Å². The number of carbonyl (C=O) groups excluding carboxylic acids is 1. The lowest BCUT2D eigenvalue weighted by Gasteiger charge is -1.96. The number of carboxylic acids is 1. The minimum Gasteiger partial charge on any atom is -0.481 e. The predicted molar refractivity (Wildman–Crippen MR) is 60.2 cm³/mol. The number of aliphatic carboxylic acids is 1. The Balaban J connectivity index is 0.000000385. The van der Waals surface area contributed by atoms with E-state index in [1.165, 1.54) is 14.0 Å². The summed E-state index contributed by atoms with van der Waals surface area (Å²) in [6.45, 7) is 3.34. The molecule has 0 spiro atoms. The molecule has 0 aliphatic rings. The summed E-state index contributed by atoms with van der Waals surface area (Å²) in [7, 11) is 1.35. The summed E-state index contributed by atoms with van der Waals surface area (Å²) in [6, 6.07) is 7.50. The first-order valence-corrected chi connectivity index (χ1v) is 4.77. The molecule has 0 saturated heterocycles. The number of aryl methyl sites for hydroxylation is 1. The average molecular weight is 224 g/mol. The third-order valence-electron chi connectivity index (χ3n) is 1.76. The Morgan fingerprint density at radius 2 is 1.69 bits per heavy atom. The van der Waals surface area contributed by atoms with Crippen LogP contribution in [-0.2, 0) is 20.7 Å². The number of benzene rings is 1. The van der Waals surface area contributed by atoms with Gasteiger partial charge in [-0.25, -0.2) is 0 Å². The monoisotopic (exact) mass is 224 g/mol. The minimum absolute atomic E-state index is 0.111. The number of methoxy groups -OCH3 is 1. The molecule has 88 valence electrons. The predicted octanol–water partition coefficient (Wildman–Crippen LogP) is 1.80. The number of rotatable bonds is 2. The van der Waals surface area contributed by atoms with Crippen molar-refractivity contribution in [1.82, 2.24) is 0 Å². The van der Waals surface area contributed by atoms with Crippen LogP contribution >= 0.6 is 0 Å². The molecule has 1 aromatic rings. The normalized spacial score (nSPS) is 8.69. The summed E-state index contributed by atoms with van der Waals surface area (Å²) in [4.78, 5) is 19.8. The van der Waals surface area contributed by atoms with Crippen molar-refractivity contribution < 1.29 is 19.4 Å². The summed E-state index contributed by atoms with van der Waals surface area (Å²) < 4.78 is 4.11. The molecule has 0 fully saturated rings. The van der Waals surface area contributed by atoms with Gasteiger partial charge in [-0.2, -0.15) is 0 Å². The van der Waals surface area contributed by atoms with Crippen LogP contribution in [0, 0.1) is 6.92 Å². The molecule has 1 rings (SSSR count). The summed E-state index contributed by atoms with van der Waals surface area (Å²) in [6.07, 6.45) is 0.111. The topological polar surface area (TPSA) is 63.6 Å². The van der Waals surface area contributed by atoms with E-state index in [-0.39, 0.29) is 12.4 Å². The lowest BCUT2D eigenvalue weighted by Crippen LogP contribution is -1.99. The Bertz CT molecular complexity index is 341. The van der Waals surface area contributed by atoms with E-state index in [2.05, 4.69) is 4.74 Å². The van der Waals surface area contributed by atoms with Crippen molar-refractivity contribution in [3.63, 3.8) is 0 Å². The van der Waals surface area contributed by atoms with Gasteiger partial charge in [0.25, 0.3) is 0 Å². The van der Waals surface area contributed by atoms with Crippen LogP contribution in [0.1, 0.15) is 18.1 Å². The number of carboxylic acid groups (broad SMARTS) is 1. The van der Waals surface area contributed by atoms with E-state index in [9.17, 15) is 9.59 Å². The molecule has 0 bridgehead atoms. The smallest absolute Gasteiger partial charge is 0.307 e. The Labute approximate surface area is 94.9 Å². The fourth-order valence-electron chi connectivity index (χ4n) is 0.881. The molecule has 4 heteroatoms. The summed E-state index contributed by atoms with van der Waals surface area (Å²) in [5.41, 5.74) is 2.00. The van der Waals surface area contributed by atoms with Crippen molar-refractivity contribution in [3.8, 4) is 0 Å². The average Bonchev–Trinajstić information content (AvgIpc) is 2.22. The van der Waals surface area contributed by atoms with Crippen LogP contribution in [0.25, 0.3) is 0 Å². The molecule has 0 aromatic heterocycles. The summed E-state index contributed by atoms with van der Waals surface area (Å²) >= 11 is 0. The Hall–Kier alpha value is -1.84. The number of esters is 1. The highest BCUT2D eigenvalue weighted by Gasteiger charge is 1.97. The Morgan fingerprint density at radius 3 is 2.00 bits per heavy atom. The molecular weight excluding hydrogens is 208 g/mol. The Kier molecular flexibility index (Phi) is 6.59. The second-order valence-electron chi connectivity index (χ2n) is 3.25. The maximum absolute atomic E-state index is 10.3. The van der Waals surface area contributed by atoms with E-state index >= 15 is 0 Å². The van der Waals surface area contributed by atoms with Gasteiger partial charge in [-0.05, 0) is 12.5 Å². The second-order valence-corrected chi connectivity index (χ2v) is 3.25. The van der Waals surface area contributed by atoms with Gasteiger partial charge in [-0.1, -0.05) is 29.8 Å². The molecule has 16 heavy (non-hydrogen) atoms. The zero-order chi connectivity index (χ0) is 12.6. The number of ether oxygens (including phenoxy) is 1. The van der Waals surface area contributed by atoms with Crippen LogP contribution in [-0.4, -0.2) is 24.2 Å². The maximum atomic E-state index is 10.3. The summed E-state index contributed by atoms with van der Waals surface area (Å²) in [5, 5.41) is 8.44. The van der Waals surface area contributed by atoms with Gasteiger partial charge in [-0.15, -0.1) is 0 Å². The lowest BCUT2D eigenvalue weighted by atomic mass is 10.1. The first kappa shape index (κ1) is 14.2. The van der Waals surface area contributed by atoms with Gasteiger partial charge in [0.1, 0.15) is 0 Å². The van der Waals surface area contributed by atoms with Crippen LogP contribution in [0.3, 0.4) is 0 Å². The van der Waals surface area contributed by atoms with Crippen molar-refractivity contribution in [1.29, 1.82) is 0 Å². The van der Waals surface area contributed by atoms with Crippen LogP contribution in [0.2, 0.25) is 0 Å². The number of hydrogen-bond donors (Lipinski definition) is 1. The molecule has 0 atom stereocenters. The van der Waals surface area contributed by atoms with Crippen LogP contribution in [0.15, 0.2) is 24.3 Å². The zero-order valence-electron chi connectivity index (χ0n) is 9.69. The van der Waals surface area contributed by atoms with Gasteiger partial charge >= 0.3 is 11.9 Å². The van der Waals surface area contributed by atoms with Gasteiger partial charge in [0.2, 0.25) is 0 Å². The van der Waals surface area contributed by atoms with Crippen molar-refractivity contribution in [2.24, 2.45) is 0 Å². The SMILES string of the molecule is COC(C)=O.Cc1ccc(CC(=O)O)cc1. The quantitative estimate of drug-likeness (QED) is 0.778. The highest BCUT2D eigenvalue weighted by molar-refractivity contribution is 5.70. The number of hydrogen-bond acceptors (Lipinski definition) is 3. The first-order valence-electron chi connectivity index (χ1n) is 4.77. The molecule has 0 unspecified atom stereocenters. The molecule has 4 nitrogen and oxygen atoms in total. The van der Waals surface area contributed by atoms with Gasteiger partial charge in [0.05, 0.1) is 13.5 Å². The van der Waals surface area contributed by atoms with Crippen molar-refractivity contribution in [2.45, 2.75) is 20.3 Å². The lowest BCUT2D eigenvalue weighted by molar-refractivity contribution is -0.138. The second kappa shape index (κ2) is 7.45. The Morgan fingerprint density at radius 1 is 1.25 bits per heavy atom. The highest BCUT2D eigenvalue weighted by Crippen LogP contribution is 2.03. The maximum Gasteiger partial charge on any atom is 0.307 e. The largest absolute Gasteiger partial charge is 0.481 e. The summed E-state index contributed by atoms with van der Waals surface area (Å²) in [5.74, 6) is -1.03. The van der Waals surface area contributed by atoms with Crippen molar-refractivity contribution in [3.05, 3.63) is 35.4 Å². The van der Waals surface area contributed by atoms with E-state index in [1.807, 2.05) is 31.2 Å². The first-order chi connectivity index (χ1) is 7.45. The molecule has 0 radical (unpaired) electrons. The minimum atomic E-state index is -0.783. The zero-order valence-corrected chi connectivity index (χ0v) is 9.69. The molecular formula is C12H16O4. The van der Waals surface area contributed by atoms with Crippen molar-refractivity contribution >= 4 is 11.9 Å². The van der Waals surface area contributed by atoms with Gasteiger partial charge < -0.3 is 9.84 Å². The van der Waals surface area contributed by atoms with Crippen molar-refractivity contribution in [2.75, 3.05) is 7.11 Å². The van der Waals surface area contributed by atoms with Crippen LogP contribution in [0.4, 0.5) is 0 Å². The molecule has 0 heterocycles. The van der Waals surface area contributed by atoms with Gasteiger partial charge in [0.15, 0.2) is 0 Å². The molecule has 0 aliphatic heterocycles. The fraction of sp³-hybridized carbons (Fsp3) is 0.333. The molecule has 0 amide bonds. The fourth-order valence-corrected chi connectivity index (χ4v) is 0.881. The molecule has 1 N–H and O–H groups in total. The van der Waals surface area contributed by atoms with E-state index in [0.29, 0.717) is 0 Å². The van der Waals surface area contributed by atoms with E-state index in [0.717, 1.165) is 11.1 Å². The molecule has 0 aliphatic carbocycles. The highest BCUT2D eigenvalue weighted by atomic mass is 16.5. The van der Waals surface area contributed by atoms with E-state index in [1.54, 1.807) is 0 Å². The molecule has 0 saturated carbocycles. The standard InChI is InChI=1S/C9H10O2.C3H6O2/c1-7-2-4-8(5-3-7)6-9(10)11;1-3(4)5-2/h2-5H,6H2,1H3,(H,10,11);1-2H3. The third kappa shape index (κ3) is 7.55. The van der Waals surface area contributed by atoms with Crippen LogP contribution in [0.5, 0.6) is 0 Å².